The van der Waals surface area contributed by atoms with Gasteiger partial charge in [0, 0.05) is 19.8 Å². The first-order chi connectivity index (χ1) is 14.4. The van der Waals surface area contributed by atoms with E-state index in [9.17, 15) is 8.42 Å². The topological polar surface area (TPSA) is 98.5 Å². The highest BCUT2D eigenvalue weighted by Crippen LogP contribution is 2.31. The number of aromatic nitrogens is 4. The smallest absolute Gasteiger partial charge is 0.229 e. The number of nitrogens with zero attached hydrogens (tertiary/aromatic N) is 4. The van der Waals surface area contributed by atoms with Crippen molar-refractivity contribution >= 4 is 42.9 Å². The average Bonchev–Trinajstić information content (AvgIpc) is 3.36. The van der Waals surface area contributed by atoms with Crippen molar-refractivity contribution < 1.29 is 13.2 Å². The summed E-state index contributed by atoms with van der Waals surface area (Å²) in [6.45, 7) is 7.78. The molecule has 8 nitrogen and oxygen atoms in total. The lowest BCUT2D eigenvalue weighted by Gasteiger charge is -2.09. The molecule has 1 aromatic carbocycles. The molecule has 4 aromatic rings. The normalized spacial score (nSPS) is 12.1. The van der Waals surface area contributed by atoms with Gasteiger partial charge in [0.25, 0.3) is 0 Å². The summed E-state index contributed by atoms with van der Waals surface area (Å²) in [4.78, 5) is 4.79. The van der Waals surface area contributed by atoms with Gasteiger partial charge in [0.15, 0.2) is 5.65 Å². The summed E-state index contributed by atoms with van der Waals surface area (Å²) >= 11 is 1.52. The van der Waals surface area contributed by atoms with Gasteiger partial charge in [-0.25, -0.2) is 13.4 Å². The zero-order chi connectivity index (χ0) is 21.3. The molecule has 3 aromatic heterocycles. The summed E-state index contributed by atoms with van der Waals surface area (Å²) in [7, 11) is -3.86. The molecule has 0 fully saturated rings. The Morgan fingerprint density at radius 3 is 2.80 bits per heavy atom. The Kier molecular flexibility index (Phi) is 5.72. The minimum Gasteiger partial charge on any atom is -0.382 e. The first-order valence-electron chi connectivity index (χ1n) is 9.70. The highest BCUT2D eigenvalue weighted by molar-refractivity contribution is 7.91. The molecule has 0 aliphatic heterocycles. The van der Waals surface area contributed by atoms with Crippen molar-refractivity contribution in [1.82, 2.24) is 19.8 Å². The molecule has 0 saturated heterocycles. The number of aryl methyl sites for hydroxylation is 2. The van der Waals surface area contributed by atoms with E-state index in [1.807, 2.05) is 32.2 Å². The molecule has 10 heteroatoms. The van der Waals surface area contributed by atoms with E-state index in [-0.39, 0.29) is 15.6 Å². The van der Waals surface area contributed by atoms with Crippen molar-refractivity contribution in [2.45, 2.75) is 37.1 Å². The van der Waals surface area contributed by atoms with E-state index in [0.29, 0.717) is 25.6 Å². The van der Waals surface area contributed by atoms with Crippen LogP contribution in [0.15, 0.2) is 39.6 Å². The largest absolute Gasteiger partial charge is 0.382 e. The lowest BCUT2D eigenvalue weighted by atomic mass is 10.1. The SMILES string of the molecule is CCOCCCNc1nc2c(S(=O)(=O)c3ccc(C)c(C)c3)nnn2c2ccsc12. The third kappa shape index (κ3) is 3.66. The van der Waals surface area contributed by atoms with E-state index in [1.54, 1.807) is 18.2 Å². The van der Waals surface area contributed by atoms with Crippen LogP contribution in [0.25, 0.3) is 15.9 Å². The van der Waals surface area contributed by atoms with Crippen LogP contribution in [0.3, 0.4) is 0 Å². The van der Waals surface area contributed by atoms with Gasteiger partial charge >= 0.3 is 0 Å². The predicted molar refractivity (Wildman–Crippen MR) is 117 cm³/mol. The molecular formula is C20H23N5O3S2. The van der Waals surface area contributed by atoms with Crippen molar-refractivity contribution in [3.05, 3.63) is 40.8 Å². The number of hydrogen-bond donors (Lipinski definition) is 1. The maximum atomic E-state index is 13.3. The molecule has 158 valence electrons. The first kappa shape index (κ1) is 20.7. The third-order valence-corrected chi connectivity index (χ3v) is 7.49. The van der Waals surface area contributed by atoms with E-state index in [1.165, 1.54) is 15.9 Å². The maximum Gasteiger partial charge on any atom is 0.229 e. The second-order valence-corrected chi connectivity index (χ2v) is 9.73. The van der Waals surface area contributed by atoms with E-state index >= 15 is 0 Å². The predicted octanol–water partition coefficient (Wildman–Crippen LogP) is 3.63. The highest BCUT2D eigenvalue weighted by atomic mass is 32.2. The van der Waals surface area contributed by atoms with Crippen molar-refractivity contribution in [2.24, 2.45) is 0 Å². The number of thiophene rings is 1. The molecule has 0 atom stereocenters. The number of anilines is 1. The number of rotatable bonds is 8. The van der Waals surface area contributed by atoms with E-state index < -0.39 is 9.84 Å². The van der Waals surface area contributed by atoms with Gasteiger partial charge in [-0.05, 0) is 61.9 Å². The molecule has 1 N–H and O–H groups in total. The Bertz CT molecular complexity index is 1310. The number of nitrogens with one attached hydrogen (secondary N) is 1. The van der Waals surface area contributed by atoms with Gasteiger partial charge in [0.05, 0.1) is 15.1 Å². The lowest BCUT2D eigenvalue weighted by molar-refractivity contribution is 0.147. The minimum atomic E-state index is -3.86. The molecular weight excluding hydrogens is 422 g/mol. The molecule has 0 aliphatic carbocycles. The van der Waals surface area contributed by atoms with E-state index in [4.69, 9.17) is 4.74 Å². The Morgan fingerprint density at radius 1 is 1.20 bits per heavy atom. The fourth-order valence-corrected chi connectivity index (χ4v) is 5.29. The Labute approximate surface area is 178 Å². The van der Waals surface area contributed by atoms with Gasteiger partial charge in [-0.1, -0.05) is 11.3 Å². The van der Waals surface area contributed by atoms with Gasteiger partial charge in [-0.3, -0.25) is 0 Å². The summed E-state index contributed by atoms with van der Waals surface area (Å²) in [6, 6.07) is 6.94. The molecule has 0 spiro atoms. The van der Waals surface area contributed by atoms with Crippen LogP contribution < -0.4 is 5.32 Å². The number of ether oxygens (including phenoxy) is 1. The second-order valence-electron chi connectivity index (χ2n) is 6.95. The van der Waals surface area contributed by atoms with Crippen molar-refractivity contribution in [1.29, 1.82) is 0 Å². The van der Waals surface area contributed by atoms with Crippen molar-refractivity contribution in [3.63, 3.8) is 0 Å². The van der Waals surface area contributed by atoms with E-state index in [2.05, 4.69) is 20.6 Å². The van der Waals surface area contributed by atoms with Gasteiger partial charge in [-0.2, -0.15) is 4.52 Å². The first-order valence-corrected chi connectivity index (χ1v) is 12.1. The summed E-state index contributed by atoms with van der Waals surface area (Å²) in [5, 5.41) is 13.2. The Morgan fingerprint density at radius 2 is 2.03 bits per heavy atom. The van der Waals surface area contributed by atoms with Crippen LogP contribution in [0.1, 0.15) is 24.5 Å². The molecule has 4 rings (SSSR count). The van der Waals surface area contributed by atoms with Crippen molar-refractivity contribution in [2.75, 3.05) is 25.1 Å². The van der Waals surface area contributed by atoms with Gasteiger partial charge in [0.1, 0.15) is 5.82 Å². The molecule has 0 saturated carbocycles. The molecule has 0 bridgehead atoms. The zero-order valence-electron chi connectivity index (χ0n) is 17.0. The summed E-state index contributed by atoms with van der Waals surface area (Å²) < 4.78 is 34.4. The monoisotopic (exact) mass is 445 g/mol. The van der Waals surface area contributed by atoms with Crippen LogP contribution in [0, 0.1) is 13.8 Å². The Hall–Kier alpha value is -2.56. The summed E-state index contributed by atoms with van der Waals surface area (Å²) in [5.41, 5.74) is 2.91. The van der Waals surface area contributed by atoms with E-state index in [0.717, 1.165) is 27.8 Å². The fraction of sp³-hybridized carbons (Fsp3) is 0.350. The van der Waals surface area contributed by atoms with Crippen LogP contribution in [0.2, 0.25) is 0 Å². The van der Waals surface area contributed by atoms with Crippen molar-refractivity contribution in [3.8, 4) is 0 Å². The maximum absolute atomic E-state index is 13.3. The van der Waals surface area contributed by atoms with Crippen LogP contribution in [-0.4, -0.2) is 48.0 Å². The second kappa shape index (κ2) is 8.29. The molecule has 0 unspecified atom stereocenters. The number of benzene rings is 1. The number of hydrogen-bond acceptors (Lipinski definition) is 8. The van der Waals surface area contributed by atoms with Gasteiger partial charge < -0.3 is 10.1 Å². The summed E-state index contributed by atoms with van der Waals surface area (Å²) in [5.74, 6) is 0.628. The van der Waals surface area contributed by atoms with Crippen LogP contribution in [0.4, 0.5) is 5.82 Å². The van der Waals surface area contributed by atoms with Crippen LogP contribution in [0.5, 0.6) is 0 Å². The summed E-state index contributed by atoms with van der Waals surface area (Å²) in [6.07, 6.45) is 0.818. The number of fused-ring (bicyclic) bond motifs is 3. The molecule has 0 amide bonds. The molecule has 0 aliphatic rings. The number of sulfone groups is 1. The quantitative estimate of drug-likeness (QED) is 0.414. The minimum absolute atomic E-state index is 0.142. The highest BCUT2D eigenvalue weighted by Gasteiger charge is 2.27. The zero-order valence-corrected chi connectivity index (χ0v) is 18.7. The van der Waals surface area contributed by atoms with Crippen LogP contribution in [-0.2, 0) is 14.6 Å². The average molecular weight is 446 g/mol. The third-order valence-electron chi connectivity index (χ3n) is 4.93. The van der Waals surface area contributed by atoms with Gasteiger partial charge in [0.2, 0.25) is 14.9 Å². The Balaban J connectivity index is 1.78. The fourth-order valence-electron chi connectivity index (χ4n) is 3.14. The van der Waals surface area contributed by atoms with Gasteiger partial charge in [-0.15, -0.1) is 16.4 Å². The standard InChI is InChI=1S/C20H23N5O3S2/c1-4-28-10-5-9-21-18-17-16(8-11-29-17)25-19(22-18)20(23-24-25)30(26,27)15-7-6-13(2)14(3)12-15/h6-8,11-12H,4-5,9-10H2,1-3H3,(H,21,22). The molecule has 0 radical (unpaired) electrons. The lowest BCUT2D eigenvalue weighted by Crippen LogP contribution is -2.09. The molecule has 30 heavy (non-hydrogen) atoms. The molecule has 3 heterocycles. The van der Waals surface area contributed by atoms with Crippen LogP contribution >= 0.6 is 11.3 Å².